The first-order valence-corrected chi connectivity index (χ1v) is 5.45. The molecule has 0 amide bonds. The zero-order chi connectivity index (χ0) is 9.84. The van der Waals surface area contributed by atoms with Crippen molar-refractivity contribution in [3.05, 3.63) is 34.3 Å². The Morgan fingerprint density at radius 1 is 1.31 bits per heavy atom. The third-order valence-corrected chi connectivity index (χ3v) is 3.04. The number of halogens is 1. The van der Waals surface area contributed by atoms with Crippen LogP contribution in [0.4, 0.5) is 0 Å². The summed E-state index contributed by atoms with van der Waals surface area (Å²) in [7, 11) is 0. The second-order valence-corrected chi connectivity index (χ2v) is 4.38. The lowest BCUT2D eigenvalue weighted by Gasteiger charge is -2.18. The van der Waals surface area contributed by atoms with Crippen LogP contribution in [-0.2, 0) is 0 Å². The van der Waals surface area contributed by atoms with E-state index in [9.17, 15) is 0 Å². The summed E-state index contributed by atoms with van der Waals surface area (Å²) < 4.78 is 1.10. The van der Waals surface area contributed by atoms with Gasteiger partial charge in [-0.05, 0) is 23.6 Å². The topological polar surface area (TPSA) is 26.0 Å². The van der Waals surface area contributed by atoms with Crippen LogP contribution in [0.3, 0.4) is 0 Å². The predicted octanol–water partition coefficient (Wildman–Crippen LogP) is 3.50. The molecule has 0 spiro atoms. The molecule has 2 atom stereocenters. The van der Waals surface area contributed by atoms with Gasteiger partial charge in [-0.2, -0.15) is 0 Å². The van der Waals surface area contributed by atoms with Crippen LogP contribution < -0.4 is 5.73 Å². The van der Waals surface area contributed by atoms with E-state index >= 15 is 0 Å². The average Bonchev–Trinajstić information content (AvgIpc) is 2.17. The molecule has 1 nitrogen and oxygen atoms in total. The second-order valence-electron chi connectivity index (χ2n) is 3.46. The van der Waals surface area contributed by atoms with Gasteiger partial charge in [-0.15, -0.1) is 0 Å². The molecule has 2 heteroatoms. The maximum Gasteiger partial charge on any atom is 0.0320 e. The van der Waals surface area contributed by atoms with E-state index in [1.807, 2.05) is 12.1 Å². The lowest BCUT2D eigenvalue weighted by molar-refractivity contribution is 0.457. The molecule has 0 heterocycles. The third-order valence-electron chi connectivity index (χ3n) is 2.51. The minimum Gasteiger partial charge on any atom is -0.324 e. The maximum atomic E-state index is 6.08. The molecule has 0 bridgehead atoms. The number of nitrogens with two attached hydrogens (primary N) is 1. The molecule has 0 aliphatic heterocycles. The fourth-order valence-electron chi connectivity index (χ4n) is 1.27. The fraction of sp³-hybridized carbons (Fsp3) is 0.455. The lowest BCUT2D eigenvalue weighted by Crippen LogP contribution is -2.18. The van der Waals surface area contributed by atoms with Gasteiger partial charge in [0.25, 0.3) is 0 Å². The predicted molar refractivity (Wildman–Crippen MR) is 60.5 cm³/mol. The summed E-state index contributed by atoms with van der Waals surface area (Å²) in [5.41, 5.74) is 7.30. The Bertz CT molecular complexity index is 255. The van der Waals surface area contributed by atoms with E-state index in [0.29, 0.717) is 5.92 Å². The first-order valence-electron chi connectivity index (χ1n) is 4.66. The molecule has 0 aliphatic rings. The van der Waals surface area contributed by atoms with Crippen molar-refractivity contribution in [2.75, 3.05) is 0 Å². The van der Waals surface area contributed by atoms with Gasteiger partial charge in [-0.3, -0.25) is 0 Å². The average molecular weight is 242 g/mol. The maximum absolute atomic E-state index is 6.08. The normalized spacial score (nSPS) is 15.4. The van der Waals surface area contributed by atoms with E-state index in [2.05, 4.69) is 41.9 Å². The van der Waals surface area contributed by atoms with Crippen LogP contribution in [0.2, 0.25) is 0 Å². The summed E-state index contributed by atoms with van der Waals surface area (Å²) >= 11 is 3.41. The van der Waals surface area contributed by atoms with Gasteiger partial charge in [0, 0.05) is 10.5 Å². The van der Waals surface area contributed by atoms with Gasteiger partial charge in [-0.25, -0.2) is 0 Å². The highest BCUT2D eigenvalue weighted by molar-refractivity contribution is 9.10. The Morgan fingerprint density at radius 3 is 2.31 bits per heavy atom. The highest BCUT2D eigenvalue weighted by Gasteiger charge is 2.12. The van der Waals surface area contributed by atoms with E-state index in [1.165, 1.54) is 5.56 Å². The van der Waals surface area contributed by atoms with Crippen molar-refractivity contribution < 1.29 is 0 Å². The van der Waals surface area contributed by atoms with Crippen molar-refractivity contribution in [1.82, 2.24) is 0 Å². The Morgan fingerprint density at radius 2 is 1.85 bits per heavy atom. The molecule has 13 heavy (non-hydrogen) atoms. The Labute approximate surface area is 88.5 Å². The Balaban J connectivity index is 2.77. The quantitative estimate of drug-likeness (QED) is 0.862. The van der Waals surface area contributed by atoms with Gasteiger partial charge < -0.3 is 5.73 Å². The zero-order valence-corrected chi connectivity index (χ0v) is 9.71. The van der Waals surface area contributed by atoms with Crippen LogP contribution in [0, 0.1) is 5.92 Å². The minimum atomic E-state index is 0.165. The monoisotopic (exact) mass is 241 g/mol. The van der Waals surface area contributed by atoms with Gasteiger partial charge in [-0.1, -0.05) is 48.3 Å². The van der Waals surface area contributed by atoms with Crippen molar-refractivity contribution in [1.29, 1.82) is 0 Å². The summed E-state index contributed by atoms with van der Waals surface area (Å²) in [6.45, 7) is 4.36. The summed E-state index contributed by atoms with van der Waals surface area (Å²) in [5, 5.41) is 0. The molecule has 0 saturated heterocycles. The molecule has 1 aromatic rings. The molecular formula is C11H16BrN. The Hall–Kier alpha value is -0.340. The molecule has 0 fully saturated rings. The standard InChI is InChI=1S/C11H16BrN/c1-3-8(2)11(13)9-4-6-10(12)7-5-9/h4-8,11H,3,13H2,1-2H3/t8?,11-/m1/s1. The number of hydrogen-bond acceptors (Lipinski definition) is 1. The first kappa shape index (κ1) is 10.7. The Kier molecular flexibility index (Phi) is 3.94. The number of rotatable bonds is 3. The van der Waals surface area contributed by atoms with E-state index < -0.39 is 0 Å². The molecule has 0 radical (unpaired) electrons. The SMILES string of the molecule is CCC(C)[C@@H](N)c1ccc(Br)cc1. The van der Waals surface area contributed by atoms with Crippen molar-refractivity contribution in [2.24, 2.45) is 11.7 Å². The van der Waals surface area contributed by atoms with E-state index in [1.54, 1.807) is 0 Å². The van der Waals surface area contributed by atoms with E-state index in [0.717, 1.165) is 10.9 Å². The van der Waals surface area contributed by atoms with Gasteiger partial charge in [0.2, 0.25) is 0 Å². The minimum absolute atomic E-state index is 0.165. The molecule has 2 N–H and O–H groups in total. The molecular weight excluding hydrogens is 226 g/mol. The van der Waals surface area contributed by atoms with Crippen LogP contribution >= 0.6 is 15.9 Å². The van der Waals surface area contributed by atoms with Crippen LogP contribution in [0.1, 0.15) is 31.9 Å². The van der Waals surface area contributed by atoms with Crippen molar-refractivity contribution >= 4 is 15.9 Å². The number of benzene rings is 1. The van der Waals surface area contributed by atoms with Crippen molar-refractivity contribution in [2.45, 2.75) is 26.3 Å². The molecule has 72 valence electrons. The lowest BCUT2D eigenvalue weighted by atomic mass is 9.93. The summed E-state index contributed by atoms with van der Waals surface area (Å²) in [6, 6.07) is 8.41. The van der Waals surface area contributed by atoms with Crippen molar-refractivity contribution in [3.8, 4) is 0 Å². The third kappa shape index (κ3) is 2.82. The highest BCUT2D eigenvalue weighted by Crippen LogP contribution is 2.22. The molecule has 0 saturated carbocycles. The van der Waals surface area contributed by atoms with Gasteiger partial charge >= 0.3 is 0 Å². The summed E-state index contributed by atoms with van der Waals surface area (Å²) in [6.07, 6.45) is 1.12. The van der Waals surface area contributed by atoms with Crippen LogP contribution in [0.25, 0.3) is 0 Å². The fourth-order valence-corrected chi connectivity index (χ4v) is 1.53. The molecule has 1 rings (SSSR count). The van der Waals surface area contributed by atoms with E-state index in [4.69, 9.17) is 5.73 Å². The van der Waals surface area contributed by atoms with Crippen LogP contribution in [0.5, 0.6) is 0 Å². The first-order chi connectivity index (χ1) is 6.15. The van der Waals surface area contributed by atoms with Crippen LogP contribution in [-0.4, -0.2) is 0 Å². The molecule has 0 aliphatic carbocycles. The summed E-state index contributed by atoms with van der Waals surface area (Å²) in [5.74, 6) is 0.543. The smallest absolute Gasteiger partial charge is 0.0320 e. The van der Waals surface area contributed by atoms with Crippen LogP contribution in [0.15, 0.2) is 28.7 Å². The van der Waals surface area contributed by atoms with Gasteiger partial charge in [0.1, 0.15) is 0 Å². The molecule has 0 aromatic heterocycles. The highest BCUT2D eigenvalue weighted by atomic mass is 79.9. The molecule has 1 unspecified atom stereocenters. The zero-order valence-electron chi connectivity index (χ0n) is 8.13. The van der Waals surface area contributed by atoms with Gasteiger partial charge in [0.05, 0.1) is 0 Å². The van der Waals surface area contributed by atoms with E-state index in [-0.39, 0.29) is 6.04 Å². The second kappa shape index (κ2) is 4.77. The van der Waals surface area contributed by atoms with Crippen molar-refractivity contribution in [3.63, 3.8) is 0 Å². The largest absolute Gasteiger partial charge is 0.324 e. The molecule has 1 aromatic carbocycles. The van der Waals surface area contributed by atoms with Gasteiger partial charge in [0.15, 0.2) is 0 Å². The number of hydrogen-bond donors (Lipinski definition) is 1. The summed E-state index contributed by atoms with van der Waals surface area (Å²) in [4.78, 5) is 0.